The second kappa shape index (κ2) is 9.38. The lowest BCUT2D eigenvalue weighted by molar-refractivity contribution is -0.118. The van der Waals surface area contributed by atoms with Crippen molar-refractivity contribution in [2.75, 3.05) is 18.5 Å². The molecule has 152 valence electrons. The number of rotatable bonds is 9. The van der Waals surface area contributed by atoms with Gasteiger partial charge in [0.05, 0.1) is 18.0 Å². The highest BCUT2D eigenvalue weighted by Gasteiger charge is 2.13. The number of hydrogen-bond donors (Lipinski definition) is 2. The molecule has 2 heterocycles. The molecule has 3 aromatic rings. The van der Waals surface area contributed by atoms with E-state index in [9.17, 15) is 13.6 Å². The van der Waals surface area contributed by atoms with Gasteiger partial charge in [0.25, 0.3) is 0 Å². The standard InChI is InChI=1S/C21H22F2N4O2/c1-14-10-16(27(26-14)17-4-6-19(22)20(23)12-17)3-5-18(29)11-15-2-7-21(25-13-15)24-8-9-28/h2,4,6-7,10,12-13,28H,3,5,8-9,11H2,1H3,(H,24,25). The monoisotopic (exact) mass is 400 g/mol. The average Bonchev–Trinajstić information content (AvgIpc) is 3.08. The lowest BCUT2D eigenvalue weighted by Gasteiger charge is -2.08. The Morgan fingerprint density at radius 1 is 1.17 bits per heavy atom. The van der Waals surface area contributed by atoms with Crippen LogP contribution in [0.15, 0.2) is 42.6 Å². The van der Waals surface area contributed by atoms with Crippen LogP contribution in [0, 0.1) is 18.6 Å². The molecular weight excluding hydrogens is 378 g/mol. The Morgan fingerprint density at radius 2 is 2.00 bits per heavy atom. The van der Waals surface area contributed by atoms with Crippen molar-refractivity contribution in [3.05, 3.63) is 71.2 Å². The predicted octanol–water partition coefficient (Wildman–Crippen LogP) is 3.00. The molecule has 0 aliphatic rings. The van der Waals surface area contributed by atoms with Gasteiger partial charge in [0, 0.05) is 37.3 Å². The summed E-state index contributed by atoms with van der Waals surface area (Å²) in [5, 5.41) is 16.1. The van der Waals surface area contributed by atoms with E-state index in [1.807, 2.05) is 12.1 Å². The zero-order valence-corrected chi connectivity index (χ0v) is 16.0. The molecule has 1 aromatic carbocycles. The van der Waals surface area contributed by atoms with Crippen LogP contribution < -0.4 is 5.32 Å². The minimum Gasteiger partial charge on any atom is -0.395 e. The van der Waals surface area contributed by atoms with E-state index >= 15 is 0 Å². The van der Waals surface area contributed by atoms with Crippen molar-refractivity contribution < 1.29 is 18.7 Å². The van der Waals surface area contributed by atoms with Gasteiger partial charge in [0.2, 0.25) is 0 Å². The highest BCUT2D eigenvalue weighted by atomic mass is 19.2. The molecule has 0 saturated carbocycles. The van der Waals surface area contributed by atoms with Crippen LogP contribution in [-0.4, -0.2) is 38.8 Å². The number of aromatic nitrogens is 3. The largest absolute Gasteiger partial charge is 0.395 e. The SMILES string of the molecule is Cc1cc(CCC(=O)Cc2ccc(NCCO)nc2)n(-c2ccc(F)c(F)c2)n1. The summed E-state index contributed by atoms with van der Waals surface area (Å²) in [6.45, 7) is 2.23. The number of anilines is 1. The number of hydrogen-bond acceptors (Lipinski definition) is 5. The lowest BCUT2D eigenvalue weighted by Crippen LogP contribution is -2.09. The number of aliphatic hydroxyl groups is 1. The molecule has 29 heavy (non-hydrogen) atoms. The van der Waals surface area contributed by atoms with Crippen molar-refractivity contribution >= 4 is 11.6 Å². The minimum absolute atomic E-state index is 0.0164. The predicted molar refractivity (Wildman–Crippen MR) is 105 cm³/mol. The van der Waals surface area contributed by atoms with E-state index in [1.165, 1.54) is 10.7 Å². The van der Waals surface area contributed by atoms with E-state index in [0.29, 0.717) is 30.9 Å². The summed E-state index contributed by atoms with van der Waals surface area (Å²) in [7, 11) is 0. The Balaban J connectivity index is 1.62. The van der Waals surface area contributed by atoms with Crippen molar-refractivity contribution in [1.82, 2.24) is 14.8 Å². The smallest absolute Gasteiger partial charge is 0.160 e. The van der Waals surface area contributed by atoms with E-state index in [0.717, 1.165) is 29.1 Å². The van der Waals surface area contributed by atoms with Gasteiger partial charge in [-0.25, -0.2) is 18.4 Å². The first-order valence-electron chi connectivity index (χ1n) is 9.28. The molecule has 2 N–H and O–H groups in total. The summed E-state index contributed by atoms with van der Waals surface area (Å²) >= 11 is 0. The van der Waals surface area contributed by atoms with Gasteiger partial charge in [0.1, 0.15) is 11.6 Å². The van der Waals surface area contributed by atoms with Crippen LogP contribution in [-0.2, 0) is 17.6 Å². The zero-order valence-electron chi connectivity index (χ0n) is 16.0. The van der Waals surface area contributed by atoms with Crippen molar-refractivity contribution in [3.63, 3.8) is 0 Å². The molecule has 0 fully saturated rings. The molecule has 0 spiro atoms. The molecule has 0 amide bonds. The van der Waals surface area contributed by atoms with Gasteiger partial charge >= 0.3 is 0 Å². The van der Waals surface area contributed by atoms with Gasteiger partial charge in [-0.05, 0) is 43.2 Å². The number of Topliss-reactive ketones (excluding diaryl/α,β-unsaturated/α-hetero) is 1. The summed E-state index contributed by atoms with van der Waals surface area (Å²) in [5.41, 5.74) is 2.69. The molecule has 2 aromatic heterocycles. The third-order valence-electron chi connectivity index (χ3n) is 4.36. The Hall–Kier alpha value is -3.13. The maximum absolute atomic E-state index is 13.6. The molecule has 8 heteroatoms. The van der Waals surface area contributed by atoms with Gasteiger partial charge in [0.15, 0.2) is 11.6 Å². The summed E-state index contributed by atoms with van der Waals surface area (Å²) < 4.78 is 28.3. The Morgan fingerprint density at radius 3 is 2.69 bits per heavy atom. The molecule has 0 saturated heterocycles. The second-order valence-corrected chi connectivity index (χ2v) is 6.70. The molecule has 0 aliphatic carbocycles. The van der Waals surface area contributed by atoms with Crippen LogP contribution in [0.2, 0.25) is 0 Å². The van der Waals surface area contributed by atoms with E-state index in [4.69, 9.17) is 5.11 Å². The van der Waals surface area contributed by atoms with E-state index in [2.05, 4.69) is 15.4 Å². The van der Waals surface area contributed by atoms with Crippen molar-refractivity contribution in [1.29, 1.82) is 0 Å². The number of halogens is 2. The van der Waals surface area contributed by atoms with Crippen LogP contribution in [0.4, 0.5) is 14.6 Å². The molecule has 0 radical (unpaired) electrons. The van der Waals surface area contributed by atoms with Crippen LogP contribution in [0.3, 0.4) is 0 Å². The Labute approximate surface area is 167 Å². The van der Waals surface area contributed by atoms with Gasteiger partial charge in [-0.3, -0.25) is 4.79 Å². The normalized spacial score (nSPS) is 10.9. The number of nitrogens with zero attached hydrogens (tertiary/aromatic N) is 3. The topological polar surface area (TPSA) is 80.0 Å². The molecule has 0 bridgehead atoms. The van der Waals surface area contributed by atoms with Crippen molar-refractivity contribution in [2.24, 2.45) is 0 Å². The summed E-state index contributed by atoms with van der Waals surface area (Å²) in [6.07, 6.45) is 2.61. The maximum Gasteiger partial charge on any atom is 0.160 e. The van der Waals surface area contributed by atoms with Gasteiger partial charge in [-0.1, -0.05) is 6.07 Å². The van der Waals surface area contributed by atoms with Crippen LogP contribution in [0.1, 0.15) is 23.4 Å². The first-order chi connectivity index (χ1) is 14.0. The second-order valence-electron chi connectivity index (χ2n) is 6.70. The van der Waals surface area contributed by atoms with E-state index < -0.39 is 11.6 Å². The summed E-state index contributed by atoms with van der Waals surface area (Å²) in [6, 6.07) is 9.01. The fourth-order valence-corrected chi connectivity index (χ4v) is 2.97. The molecule has 0 unspecified atom stereocenters. The number of carbonyl (C=O) groups is 1. The third kappa shape index (κ3) is 5.45. The highest BCUT2D eigenvalue weighted by Crippen LogP contribution is 2.17. The van der Waals surface area contributed by atoms with Gasteiger partial charge < -0.3 is 10.4 Å². The summed E-state index contributed by atoms with van der Waals surface area (Å²) in [5.74, 6) is -1.18. The van der Waals surface area contributed by atoms with E-state index in [1.54, 1.807) is 19.2 Å². The van der Waals surface area contributed by atoms with Crippen molar-refractivity contribution in [2.45, 2.75) is 26.2 Å². The third-order valence-corrected chi connectivity index (χ3v) is 4.36. The van der Waals surface area contributed by atoms with Crippen LogP contribution >= 0.6 is 0 Å². The van der Waals surface area contributed by atoms with Crippen molar-refractivity contribution in [3.8, 4) is 5.69 Å². The molecule has 6 nitrogen and oxygen atoms in total. The number of nitrogens with one attached hydrogen (secondary N) is 1. The van der Waals surface area contributed by atoms with Gasteiger partial charge in [-0.2, -0.15) is 5.10 Å². The molecule has 0 aliphatic heterocycles. The number of aliphatic hydroxyl groups excluding tert-OH is 1. The first kappa shape index (κ1) is 20.6. The average molecular weight is 400 g/mol. The molecule has 0 atom stereocenters. The number of pyridine rings is 1. The quantitative estimate of drug-likeness (QED) is 0.577. The number of benzene rings is 1. The molecule has 3 rings (SSSR count). The fraction of sp³-hybridized carbons (Fsp3) is 0.286. The van der Waals surface area contributed by atoms with E-state index in [-0.39, 0.29) is 18.8 Å². The zero-order chi connectivity index (χ0) is 20.8. The molecular formula is C21H22F2N4O2. The maximum atomic E-state index is 13.6. The van der Waals surface area contributed by atoms with Crippen LogP contribution in [0.25, 0.3) is 5.69 Å². The fourth-order valence-electron chi connectivity index (χ4n) is 2.97. The highest BCUT2D eigenvalue weighted by molar-refractivity contribution is 5.81. The van der Waals surface area contributed by atoms with Crippen LogP contribution in [0.5, 0.6) is 0 Å². The minimum atomic E-state index is -0.942. The number of carbonyl (C=O) groups excluding carboxylic acids is 1. The summed E-state index contributed by atoms with van der Waals surface area (Å²) in [4.78, 5) is 16.6. The van der Waals surface area contributed by atoms with Gasteiger partial charge in [-0.15, -0.1) is 0 Å². The number of ketones is 1. The lowest BCUT2D eigenvalue weighted by atomic mass is 10.1. The number of aryl methyl sites for hydroxylation is 2. The first-order valence-corrected chi connectivity index (χ1v) is 9.28. The Bertz CT molecular complexity index is 987. The Kier molecular flexibility index (Phi) is 6.66.